The Hall–Kier alpha value is -1.29. The van der Waals surface area contributed by atoms with Crippen molar-refractivity contribution in [3.05, 3.63) is 41.1 Å². The first-order valence-corrected chi connectivity index (χ1v) is 4.61. The number of rotatable bonds is 1. The molecule has 0 unspecified atom stereocenters. The predicted molar refractivity (Wildman–Crippen MR) is 55.7 cm³/mol. The van der Waals surface area contributed by atoms with Crippen LogP contribution < -0.4 is 5.73 Å². The van der Waals surface area contributed by atoms with Crippen molar-refractivity contribution in [3.8, 4) is 5.69 Å². The molecular formula is C9H8BrN3. The maximum atomic E-state index is 5.65. The molecule has 0 aliphatic heterocycles. The van der Waals surface area contributed by atoms with Crippen molar-refractivity contribution in [1.29, 1.82) is 0 Å². The summed E-state index contributed by atoms with van der Waals surface area (Å²) >= 11 is 3.37. The van der Waals surface area contributed by atoms with Crippen LogP contribution in [0.25, 0.3) is 5.69 Å². The highest BCUT2D eigenvalue weighted by Crippen LogP contribution is 2.15. The number of benzene rings is 1. The van der Waals surface area contributed by atoms with Crippen LogP contribution in [0, 0.1) is 0 Å². The van der Waals surface area contributed by atoms with E-state index >= 15 is 0 Å². The molecule has 13 heavy (non-hydrogen) atoms. The molecule has 2 N–H and O–H groups in total. The Morgan fingerprint density at radius 2 is 1.92 bits per heavy atom. The summed E-state index contributed by atoms with van der Waals surface area (Å²) in [7, 11) is 0. The Morgan fingerprint density at radius 1 is 1.23 bits per heavy atom. The fraction of sp³-hybridized carbons (Fsp3) is 0. The van der Waals surface area contributed by atoms with Gasteiger partial charge in [-0.2, -0.15) is 0 Å². The molecule has 1 heterocycles. The maximum absolute atomic E-state index is 5.65. The lowest BCUT2D eigenvalue weighted by molar-refractivity contribution is 1.07. The molecular weight excluding hydrogens is 230 g/mol. The van der Waals surface area contributed by atoms with E-state index in [0.29, 0.717) is 5.95 Å². The van der Waals surface area contributed by atoms with E-state index in [-0.39, 0.29) is 0 Å². The molecule has 0 amide bonds. The summed E-state index contributed by atoms with van der Waals surface area (Å²) in [6, 6.07) is 7.88. The van der Waals surface area contributed by atoms with E-state index in [4.69, 9.17) is 5.73 Å². The molecule has 4 heteroatoms. The van der Waals surface area contributed by atoms with E-state index in [1.807, 2.05) is 35.0 Å². The van der Waals surface area contributed by atoms with Crippen LogP contribution in [0.5, 0.6) is 0 Å². The van der Waals surface area contributed by atoms with E-state index in [1.165, 1.54) is 0 Å². The molecule has 1 aromatic carbocycles. The van der Waals surface area contributed by atoms with Gasteiger partial charge < -0.3 is 5.73 Å². The minimum atomic E-state index is 0.502. The second kappa shape index (κ2) is 3.22. The number of hydrogen-bond donors (Lipinski definition) is 1. The third-order valence-corrected chi connectivity index (χ3v) is 2.30. The lowest BCUT2D eigenvalue weighted by Gasteiger charge is -2.03. The third kappa shape index (κ3) is 1.58. The van der Waals surface area contributed by atoms with E-state index in [2.05, 4.69) is 20.9 Å². The molecule has 66 valence electrons. The van der Waals surface area contributed by atoms with Crippen LogP contribution in [0.4, 0.5) is 5.95 Å². The van der Waals surface area contributed by atoms with Crippen molar-refractivity contribution in [3.63, 3.8) is 0 Å². The van der Waals surface area contributed by atoms with Crippen LogP contribution in [0.1, 0.15) is 0 Å². The molecule has 0 bridgehead atoms. The topological polar surface area (TPSA) is 43.8 Å². The first-order chi connectivity index (χ1) is 6.27. The van der Waals surface area contributed by atoms with Gasteiger partial charge in [0.05, 0.1) is 0 Å². The molecule has 0 saturated heterocycles. The summed E-state index contributed by atoms with van der Waals surface area (Å²) in [5.41, 5.74) is 6.66. The van der Waals surface area contributed by atoms with E-state index in [9.17, 15) is 0 Å². The summed E-state index contributed by atoms with van der Waals surface area (Å²) < 4.78 is 2.88. The fourth-order valence-electron chi connectivity index (χ4n) is 1.13. The lowest BCUT2D eigenvalue weighted by atomic mass is 10.3. The van der Waals surface area contributed by atoms with Gasteiger partial charge in [-0.1, -0.05) is 15.9 Å². The van der Waals surface area contributed by atoms with Gasteiger partial charge in [-0.15, -0.1) is 0 Å². The van der Waals surface area contributed by atoms with Gasteiger partial charge in [-0.05, 0) is 24.3 Å². The van der Waals surface area contributed by atoms with Crippen molar-refractivity contribution in [1.82, 2.24) is 9.55 Å². The Morgan fingerprint density at radius 3 is 2.46 bits per heavy atom. The zero-order valence-electron chi connectivity index (χ0n) is 6.81. The summed E-state index contributed by atoms with van der Waals surface area (Å²) in [6.07, 6.45) is 3.51. The highest BCUT2D eigenvalue weighted by Gasteiger charge is 1.99. The summed E-state index contributed by atoms with van der Waals surface area (Å²) in [4.78, 5) is 3.94. The van der Waals surface area contributed by atoms with E-state index < -0.39 is 0 Å². The SMILES string of the molecule is Nc1nccn1-c1ccc(Br)cc1. The first kappa shape index (κ1) is 8.31. The molecule has 0 fully saturated rings. The average molecular weight is 238 g/mol. The molecule has 0 spiro atoms. The normalized spacial score (nSPS) is 10.2. The summed E-state index contributed by atoms with van der Waals surface area (Å²) in [5.74, 6) is 0.502. The molecule has 0 atom stereocenters. The van der Waals surface area contributed by atoms with Gasteiger partial charge in [0.25, 0.3) is 0 Å². The lowest BCUT2D eigenvalue weighted by Crippen LogP contribution is -1.98. The van der Waals surface area contributed by atoms with Crippen LogP contribution in [0.2, 0.25) is 0 Å². The van der Waals surface area contributed by atoms with Gasteiger partial charge in [0, 0.05) is 22.6 Å². The highest BCUT2D eigenvalue weighted by atomic mass is 79.9. The summed E-state index contributed by atoms with van der Waals surface area (Å²) in [6.45, 7) is 0. The maximum Gasteiger partial charge on any atom is 0.204 e. The number of anilines is 1. The Balaban J connectivity index is 2.47. The van der Waals surface area contributed by atoms with Crippen molar-refractivity contribution < 1.29 is 0 Å². The number of halogens is 1. The number of hydrogen-bond acceptors (Lipinski definition) is 2. The van der Waals surface area contributed by atoms with Gasteiger partial charge >= 0.3 is 0 Å². The number of nitrogen functional groups attached to an aromatic ring is 1. The molecule has 3 nitrogen and oxygen atoms in total. The third-order valence-electron chi connectivity index (χ3n) is 1.77. The minimum absolute atomic E-state index is 0.502. The predicted octanol–water partition coefficient (Wildman–Crippen LogP) is 2.22. The van der Waals surface area contributed by atoms with Crippen LogP contribution in [-0.4, -0.2) is 9.55 Å². The van der Waals surface area contributed by atoms with Crippen LogP contribution in [0.3, 0.4) is 0 Å². The number of aromatic nitrogens is 2. The van der Waals surface area contributed by atoms with Crippen molar-refractivity contribution in [2.75, 3.05) is 5.73 Å². The Kier molecular flexibility index (Phi) is 2.06. The van der Waals surface area contributed by atoms with Gasteiger partial charge in [-0.3, -0.25) is 4.57 Å². The smallest absolute Gasteiger partial charge is 0.204 e. The molecule has 1 aromatic heterocycles. The van der Waals surface area contributed by atoms with Gasteiger partial charge in [0.15, 0.2) is 0 Å². The van der Waals surface area contributed by atoms with Crippen molar-refractivity contribution >= 4 is 21.9 Å². The highest BCUT2D eigenvalue weighted by molar-refractivity contribution is 9.10. The first-order valence-electron chi connectivity index (χ1n) is 3.82. The van der Waals surface area contributed by atoms with Crippen LogP contribution >= 0.6 is 15.9 Å². The zero-order chi connectivity index (χ0) is 9.26. The second-order valence-corrected chi connectivity index (χ2v) is 3.55. The number of imidazole rings is 1. The van der Waals surface area contributed by atoms with Gasteiger partial charge in [0.2, 0.25) is 5.95 Å². The Bertz CT molecular complexity index is 405. The molecule has 0 radical (unpaired) electrons. The van der Waals surface area contributed by atoms with Gasteiger partial charge in [0.1, 0.15) is 0 Å². The zero-order valence-corrected chi connectivity index (χ0v) is 8.40. The summed E-state index contributed by atoms with van der Waals surface area (Å²) in [5, 5.41) is 0. The molecule has 0 saturated carbocycles. The molecule has 0 aliphatic carbocycles. The fourth-order valence-corrected chi connectivity index (χ4v) is 1.40. The second-order valence-electron chi connectivity index (χ2n) is 2.63. The minimum Gasteiger partial charge on any atom is -0.369 e. The quantitative estimate of drug-likeness (QED) is 0.827. The molecule has 2 rings (SSSR count). The van der Waals surface area contributed by atoms with Crippen molar-refractivity contribution in [2.45, 2.75) is 0 Å². The van der Waals surface area contributed by atoms with Crippen molar-refractivity contribution in [2.24, 2.45) is 0 Å². The standard InChI is InChI=1S/C9H8BrN3/c10-7-1-3-8(4-2-7)13-6-5-12-9(13)11/h1-6H,(H2,11,12). The Labute approximate surface area is 84.3 Å². The number of nitrogens with zero attached hydrogens (tertiary/aromatic N) is 2. The van der Waals surface area contributed by atoms with Crippen LogP contribution in [-0.2, 0) is 0 Å². The van der Waals surface area contributed by atoms with E-state index in [1.54, 1.807) is 6.20 Å². The van der Waals surface area contributed by atoms with Crippen LogP contribution in [0.15, 0.2) is 41.1 Å². The average Bonchev–Trinajstić information content (AvgIpc) is 2.53. The van der Waals surface area contributed by atoms with Gasteiger partial charge in [-0.25, -0.2) is 4.98 Å². The molecule has 0 aliphatic rings. The van der Waals surface area contributed by atoms with E-state index in [0.717, 1.165) is 10.2 Å². The monoisotopic (exact) mass is 237 g/mol. The molecule has 2 aromatic rings. The number of nitrogens with two attached hydrogens (primary N) is 1. The largest absolute Gasteiger partial charge is 0.369 e.